The van der Waals surface area contributed by atoms with Crippen molar-refractivity contribution in [1.82, 2.24) is 29.6 Å². The van der Waals surface area contributed by atoms with Crippen molar-refractivity contribution in [2.45, 2.75) is 51.4 Å². The van der Waals surface area contributed by atoms with E-state index in [1.54, 1.807) is 0 Å². The van der Waals surface area contributed by atoms with Gasteiger partial charge in [-0.05, 0) is 109 Å². The van der Waals surface area contributed by atoms with Gasteiger partial charge in [0.2, 0.25) is 0 Å². The molecule has 10 heteroatoms. The van der Waals surface area contributed by atoms with Gasteiger partial charge in [-0.3, -0.25) is 9.98 Å². The predicted octanol–water partition coefficient (Wildman–Crippen LogP) is 9.75. The Bertz CT molecular complexity index is 3170. The van der Waals surface area contributed by atoms with Gasteiger partial charge in [0.15, 0.2) is 11.9 Å². The minimum Gasteiger partial charge on any atom is -0.356 e. The minimum absolute atomic E-state index is 0.941. The number of H-pyrrole nitrogens is 2. The van der Waals surface area contributed by atoms with Crippen LogP contribution in [0.4, 0.5) is 0 Å². The second kappa shape index (κ2) is 16.8. The lowest BCUT2D eigenvalue weighted by Gasteiger charge is -2.41. The minimum atomic E-state index is 0.941. The highest BCUT2D eigenvalue weighted by Crippen LogP contribution is 2.40. The van der Waals surface area contributed by atoms with Crippen molar-refractivity contribution in [3.05, 3.63) is 134 Å². The largest absolute Gasteiger partial charge is 0.356 e. The fraction of sp³-hybridized carbons (Fsp3) is 0.310. The maximum Gasteiger partial charge on any atom is 0.196 e. The SMILES string of the molecule is [CH2-][n+]1c2cc3[nH]c(cc4[n+]([CH2-])c(cc5[nH]c(cc1-c1ccccc1-2)c1c(CCCN2CCCN6CCCN=C62)cccc51)-c1ccccc1-4)c1c(CCCN2CCCN4CCCN=C42)cccc31. The van der Waals surface area contributed by atoms with E-state index >= 15 is 0 Å². The van der Waals surface area contributed by atoms with Gasteiger partial charge in [-0.2, -0.15) is 0 Å². The highest BCUT2D eigenvalue weighted by Gasteiger charge is 2.28. The van der Waals surface area contributed by atoms with Crippen LogP contribution in [0.1, 0.15) is 49.7 Å². The molecule has 7 aromatic rings. The number of hydrogen-bond donors (Lipinski definition) is 2. The molecule has 0 aliphatic carbocycles. The molecule has 0 unspecified atom stereocenters. The molecule has 342 valence electrons. The zero-order chi connectivity index (χ0) is 45.3. The molecule has 0 saturated carbocycles. The summed E-state index contributed by atoms with van der Waals surface area (Å²) in [5, 5.41) is 4.96. The van der Waals surface area contributed by atoms with Crippen molar-refractivity contribution in [3.63, 3.8) is 0 Å². The van der Waals surface area contributed by atoms with E-state index in [1.165, 1.54) is 79.7 Å². The maximum absolute atomic E-state index is 4.99. The number of aromatic nitrogens is 4. The van der Waals surface area contributed by atoms with E-state index in [2.05, 4.69) is 148 Å². The van der Waals surface area contributed by atoms with E-state index in [9.17, 15) is 0 Å². The highest BCUT2D eigenvalue weighted by molar-refractivity contribution is 6.11. The second-order valence-corrected chi connectivity index (χ2v) is 19.6. The summed E-state index contributed by atoms with van der Waals surface area (Å²) in [6.45, 7) is 10.6. The lowest BCUT2D eigenvalue weighted by Crippen LogP contribution is -2.52. The standard InChI is InChI=1S/C58H60N10/c1-63-51-35-47-45-23-7-16-40(18-10-28-66-32-14-34-68-30-12-26-60-58(66)68)56(45)50(61-47)38-54-44-22-6-4-20-42(44)52(64(54)2)36-48-46-24-8-15-39(17-9-27-65-31-13-33-67-29-11-25-59-57(65)67)55(46)49(62-48)37-53(63)43-21-5-3-19-41(43)51/h3-8,15-16,19-24,35-38,61-62H,1-2,9-14,17-18,25-34H2. The van der Waals surface area contributed by atoms with E-state index in [0.717, 1.165) is 149 Å². The Labute approximate surface area is 398 Å². The highest BCUT2D eigenvalue weighted by atomic mass is 15.4. The van der Waals surface area contributed by atoms with Gasteiger partial charge < -0.3 is 38.7 Å². The molecule has 6 aliphatic heterocycles. The summed E-state index contributed by atoms with van der Waals surface area (Å²) in [6, 6.07) is 40.7. The molecule has 0 atom stereocenters. The molecule has 9 heterocycles. The Kier molecular flexibility index (Phi) is 10.2. The zero-order valence-corrected chi connectivity index (χ0v) is 39.1. The number of nitrogens with one attached hydrogen (secondary N) is 2. The van der Waals surface area contributed by atoms with Crippen molar-refractivity contribution < 1.29 is 9.13 Å². The molecule has 8 bridgehead atoms. The molecule has 2 fully saturated rings. The van der Waals surface area contributed by atoms with Crippen LogP contribution in [0.15, 0.2) is 119 Å². The molecule has 0 radical (unpaired) electrons. The normalized spacial score (nSPS) is 16.6. The van der Waals surface area contributed by atoms with Crippen LogP contribution < -0.4 is 9.13 Å². The van der Waals surface area contributed by atoms with Crippen molar-refractivity contribution in [3.8, 4) is 45.0 Å². The van der Waals surface area contributed by atoms with Crippen LogP contribution in [-0.2, 0) is 12.8 Å². The van der Waals surface area contributed by atoms with Crippen molar-refractivity contribution in [2.75, 3.05) is 65.4 Å². The summed E-state index contributed by atoms with van der Waals surface area (Å²) >= 11 is 0. The van der Waals surface area contributed by atoms with Crippen LogP contribution in [0, 0.1) is 14.1 Å². The molecule has 4 aromatic carbocycles. The number of hydrogen-bond acceptors (Lipinski definition) is 6. The fourth-order valence-electron chi connectivity index (χ4n) is 12.3. The number of aryl methyl sites for hydroxylation is 2. The van der Waals surface area contributed by atoms with Gasteiger partial charge in [0.1, 0.15) is 22.8 Å². The Morgan fingerprint density at radius 1 is 0.456 bits per heavy atom. The van der Waals surface area contributed by atoms with Gasteiger partial charge in [0.05, 0.1) is 0 Å². The smallest absolute Gasteiger partial charge is 0.196 e. The van der Waals surface area contributed by atoms with Gasteiger partial charge in [0.25, 0.3) is 0 Å². The van der Waals surface area contributed by atoms with E-state index in [4.69, 9.17) is 24.1 Å². The second-order valence-electron chi connectivity index (χ2n) is 19.6. The fourth-order valence-corrected chi connectivity index (χ4v) is 12.3. The first-order chi connectivity index (χ1) is 33.6. The molecule has 0 spiro atoms. The monoisotopic (exact) mass is 897 g/mol. The first kappa shape index (κ1) is 41.0. The molecular weight excluding hydrogens is 837 g/mol. The summed E-state index contributed by atoms with van der Waals surface area (Å²) in [5.41, 5.74) is 16.0. The average Bonchev–Trinajstić information content (AvgIpc) is 4.07. The lowest BCUT2D eigenvalue weighted by atomic mass is 10.00. The molecule has 10 nitrogen and oxygen atoms in total. The Morgan fingerprint density at radius 3 is 1.28 bits per heavy atom. The van der Waals surface area contributed by atoms with E-state index in [1.807, 2.05) is 0 Å². The first-order valence-electron chi connectivity index (χ1n) is 25.2. The Hall–Kier alpha value is -7.20. The van der Waals surface area contributed by atoms with Gasteiger partial charge >= 0.3 is 0 Å². The summed E-state index contributed by atoms with van der Waals surface area (Å²) < 4.78 is 4.30. The number of rotatable bonds is 8. The topological polar surface area (TPSA) is 77.0 Å². The lowest BCUT2D eigenvalue weighted by molar-refractivity contribution is -0.585. The van der Waals surface area contributed by atoms with Crippen LogP contribution in [-0.4, -0.2) is 107 Å². The van der Waals surface area contributed by atoms with Crippen LogP contribution in [0.5, 0.6) is 0 Å². The van der Waals surface area contributed by atoms with Crippen LogP contribution >= 0.6 is 0 Å². The summed E-state index contributed by atoms with van der Waals surface area (Å²) in [7, 11) is 9.60. The molecule has 68 heavy (non-hydrogen) atoms. The maximum atomic E-state index is 4.99. The number of benzene rings is 4. The third-order valence-electron chi connectivity index (χ3n) is 15.5. The molecule has 2 N–H and O–H groups in total. The molecule has 0 amide bonds. The number of guanidine groups is 2. The summed E-state index contributed by atoms with van der Waals surface area (Å²) in [5.74, 6) is 2.43. The van der Waals surface area contributed by atoms with Gasteiger partial charge in [-0.1, -0.05) is 84.9 Å². The Balaban J connectivity index is 0.993. The number of fused-ring (bicyclic) bond motifs is 22. The quantitative estimate of drug-likeness (QED) is 0.118. The summed E-state index contributed by atoms with van der Waals surface area (Å²) in [6.07, 6.45) is 8.75. The van der Waals surface area contributed by atoms with Crippen molar-refractivity contribution in [1.29, 1.82) is 0 Å². The summed E-state index contributed by atoms with van der Waals surface area (Å²) in [4.78, 5) is 28.0. The average molecular weight is 897 g/mol. The van der Waals surface area contributed by atoms with E-state index < -0.39 is 0 Å². The molecule has 6 aliphatic rings. The first-order valence-corrected chi connectivity index (χ1v) is 25.2. The number of aromatic amines is 2. The Morgan fingerprint density at radius 2 is 0.853 bits per heavy atom. The molecule has 2 saturated heterocycles. The molecular formula is C58H60N10. The van der Waals surface area contributed by atoms with E-state index in [-0.39, 0.29) is 0 Å². The molecule has 3 aromatic heterocycles. The van der Waals surface area contributed by atoms with Crippen molar-refractivity contribution >= 4 is 55.5 Å². The van der Waals surface area contributed by atoms with Gasteiger partial charge in [0, 0.05) is 123 Å². The third-order valence-corrected chi connectivity index (χ3v) is 15.5. The van der Waals surface area contributed by atoms with Crippen LogP contribution in [0.25, 0.3) is 88.6 Å². The third kappa shape index (κ3) is 6.89. The number of aliphatic imine (C=N–C) groups is 2. The predicted molar refractivity (Wildman–Crippen MR) is 277 cm³/mol. The van der Waals surface area contributed by atoms with Crippen LogP contribution in [0.2, 0.25) is 0 Å². The van der Waals surface area contributed by atoms with Crippen molar-refractivity contribution in [2.24, 2.45) is 9.98 Å². The number of nitrogens with zero attached hydrogens (tertiary/aromatic N) is 8. The zero-order valence-electron chi connectivity index (χ0n) is 39.1. The van der Waals surface area contributed by atoms with E-state index in [0.29, 0.717) is 0 Å². The van der Waals surface area contributed by atoms with Crippen LogP contribution in [0.3, 0.4) is 0 Å². The molecule has 13 rings (SSSR count). The van der Waals surface area contributed by atoms with Gasteiger partial charge in [-0.25, -0.2) is 0 Å². The van der Waals surface area contributed by atoms with Gasteiger partial charge in [-0.15, -0.1) is 0 Å².